The third-order valence-corrected chi connectivity index (χ3v) is 3.87. The zero-order valence-electron chi connectivity index (χ0n) is 13.3. The third-order valence-electron chi connectivity index (χ3n) is 3.87. The SMILES string of the molecule is C=C(C)CN(CC)C(=O)CN1CCN(C(C)C(=O)O)CC1. The highest BCUT2D eigenvalue weighted by Gasteiger charge is 2.26. The quantitative estimate of drug-likeness (QED) is 0.693. The van der Waals surface area contributed by atoms with Gasteiger partial charge in [0.15, 0.2) is 0 Å². The number of carboxylic acid groups (broad SMARTS) is 1. The molecule has 0 aromatic carbocycles. The molecule has 0 saturated carbocycles. The van der Waals surface area contributed by atoms with Gasteiger partial charge in [-0.1, -0.05) is 12.2 Å². The summed E-state index contributed by atoms with van der Waals surface area (Å²) in [6.07, 6.45) is 0. The Bertz CT molecular complexity index is 390. The fraction of sp³-hybridized carbons (Fsp3) is 0.733. The number of nitrogens with zero attached hydrogens (tertiary/aromatic N) is 3. The minimum atomic E-state index is -0.793. The van der Waals surface area contributed by atoms with E-state index in [2.05, 4.69) is 11.5 Å². The van der Waals surface area contributed by atoms with Crippen LogP contribution in [0, 0.1) is 0 Å². The maximum atomic E-state index is 12.2. The normalized spacial score (nSPS) is 18.2. The van der Waals surface area contributed by atoms with Crippen LogP contribution in [0.5, 0.6) is 0 Å². The molecule has 1 heterocycles. The zero-order valence-corrected chi connectivity index (χ0v) is 13.3. The predicted octanol–water partition coefficient (Wildman–Crippen LogP) is 0.502. The predicted molar refractivity (Wildman–Crippen MR) is 82.2 cm³/mol. The molecular formula is C15H27N3O3. The second kappa shape index (κ2) is 8.14. The van der Waals surface area contributed by atoms with Crippen molar-refractivity contribution < 1.29 is 14.7 Å². The van der Waals surface area contributed by atoms with E-state index in [4.69, 9.17) is 5.11 Å². The summed E-state index contributed by atoms with van der Waals surface area (Å²) in [5, 5.41) is 9.01. The summed E-state index contributed by atoms with van der Waals surface area (Å²) in [4.78, 5) is 29.0. The lowest BCUT2D eigenvalue weighted by Gasteiger charge is -2.37. The van der Waals surface area contributed by atoms with Gasteiger partial charge in [-0.2, -0.15) is 0 Å². The van der Waals surface area contributed by atoms with Gasteiger partial charge in [0.2, 0.25) is 5.91 Å². The van der Waals surface area contributed by atoms with Crippen LogP contribution >= 0.6 is 0 Å². The lowest BCUT2D eigenvalue weighted by molar-refractivity contribution is -0.144. The second-order valence-corrected chi connectivity index (χ2v) is 5.69. The van der Waals surface area contributed by atoms with E-state index in [1.807, 2.05) is 18.7 Å². The Labute approximate surface area is 127 Å². The van der Waals surface area contributed by atoms with Gasteiger partial charge in [0, 0.05) is 39.3 Å². The Balaban J connectivity index is 2.43. The summed E-state index contributed by atoms with van der Waals surface area (Å²) < 4.78 is 0. The van der Waals surface area contributed by atoms with Gasteiger partial charge in [-0.05, 0) is 20.8 Å². The largest absolute Gasteiger partial charge is 0.480 e. The van der Waals surface area contributed by atoms with Gasteiger partial charge in [-0.15, -0.1) is 0 Å². The minimum Gasteiger partial charge on any atom is -0.480 e. The van der Waals surface area contributed by atoms with Crippen LogP contribution in [0.2, 0.25) is 0 Å². The van der Waals surface area contributed by atoms with Crippen LogP contribution in [-0.4, -0.2) is 83.5 Å². The van der Waals surface area contributed by atoms with E-state index in [0.717, 1.165) is 18.7 Å². The van der Waals surface area contributed by atoms with Crippen LogP contribution < -0.4 is 0 Å². The molecule has 0 radical (unpaired) electrons. The smallest absolute Gasteiger partial charge is 0.320 e. The molecule has 21 heavy (non-hydrogen) atoms. The van der Waals surface area contributed by atoms with Crippen LogP contribution in [0.25, 0.3) is 0 Å². The Morgan fingerprint density at radius 2 is 1.86 bits per heavy atom. The summed E-state index contributed by atoms with van der Waals surface area (Å²) in [6.45, 7) is 14.0. The number of amides is 1. The summed E-state index contributed by atoms with van der Waals surface area (Å²) in [7, 11) is 0. The number of hydrogen-bond acceptors (Lipinski definition) is 4. The molecule has 1 N–H and O–H groups in total. The van der Waals surface area contributed by atoms with E-state index >= 15 is 0 Å². The molecule has 0 bridgehead atoms. The van der Waals surface area contributed by atoms with Crippen molar-refractivity contribution in [1.29, 1.82) is 0 Å². The summed E-state index contributed by atoms with van der Waals surface area (Å²) >= 11 is 0. The highest BCUT2D eigenvalue weighted by molar-refractivity contribution is 5.78. The Morgan fingerprint density at radius 1 is 1.29 bits per heavy atom. The van der Waals surface area contributed by atoms with Gasteiger partial charge in [-0.25, -0.2) is 0 Å². The maximum absolute atomic E-state index is 12.2. The molecule has 0 aromatic heterocycles. The lowest BCUT2D eigenvalue weighted by Crippen LogP contribution is -2.53. The average Bonchev–Trinajstić information content (AvgIpc) is 2.44. The van der Waals surface area contributed by atoms with Gasteiger partial charge in [-0.3, -0.25) is 19.4 Å². The lowest BCUT2D eigenvalue weighted by atomic mass is 10.2. The fourth-order valence-corrected chi connectivity index (χ4v) is 2.46. The molecule has 6 nitrogen and oxygen atoms in total. The molecular weight excluding hydrogens is 270 g/mol. The molecule has 1 unspecified atom stereocenters. The number of carboxylic acids is 1. The molecule has 6 heteroatoms. The van der Waals surface area contributed by atoms with E-state index in [-0.39, 0.29) is 5.91 Å². The number of carbonyl (C=O) groups excluding carboxylic acids is 1. The first kappa shape index (κ1) is 17.7. The molecule has 0 aromatic rings. The van der Waals surface area contributed by atoms with Crippen molar-refractivity contribution in [3.05, 3.63) is 12.2 Å². The number of rotatable bonds is 7. The van der Waals surface area contributed by atoms with Crippen molar-refractivity contribution in [2.75, 3.05) is 45.8 Å². The van der Waals surface area contributed by atoms with E-state index in [9.17, 15) is 9.59 Å². The molecule has 1 saturated heterocycles. The maximum Gasteiger partial charge on any atom is 0.320 e. The number of likely N-dealkylation sites (N-methyl/N-ethyl adjacent to an activating group) is 1. The molecule has 1 fully saturated rings. The van der Waals surface area contributed by atoms with Crippen molar-refractivity contribution in [1.82, 2.24) is 14.7 Å². The Hall–Kier alpha value is -1.40. The summed E-state index contributed by atoms with van der Waals surface area (Å²) in [5.41, 5.74) is 0.977. The van der Waals surface area contributed by atoms with Crippen molar-refractivity contribution in [3.63, 3.8) is 0 Å². The van der Waals surface area contributed by atoms with Gasteiger partial charge >= 0.3 is 5.97 Å². The molecule has 1 aliphatic rings. The number of aliphatic carboxylic acids is 1. The number of piperazine rings is 1. The van der Waals surface area contributed by atoms with E-state index in [1.54, 1.807) is 11.8 Å². The Kier molecular flexibility index (Phi) is 6.84. The second-order valence-electron chi connectivity index (χ2n) is 5.69. The monoisotopic (exact) mass is 297 g/mol. The van der Waals surface area contributed by atoms with Crippen LogP contribution in [0.15, 0.2) is 12.2 Å². The molecule has 120 valence electrons. The molecule has 0 spiro atoms. The first-order chi connectivity index (χ1) is 9.85. The van der Waals surface area contributed by atoms with Crippen LogP contribution in [-0.2, 0) is 9.59 Å². The van der Waals surface area contributed by atoms with Crippen molar-refractivity contribution >= 4 is 11.9 Å². The zero-order chi connectivity index (χ0) is 16.0. The fourth-order valence-electron chi connectivity index (χ4n) is 2.46. The summed E-state index contributed by atoms with van der Waals surface area (Å²) in [6, 6.07) is -0.460. The van der Waals surface area contributed by atoms with E-state index in [1.165, 1.54) is 0 Å². The topological polar surface area (TPSA) is 64.1 Å². The Morgan fingerprint density at radius 3 is 2.29 bits per heavy atom. The van der Waals surface area contributed by atoms with Crippen molar-refractivity contribution in [3.8, 4) is 0 Å². The third kappa shape index (κ3) is 5.47. The van der Waals surface area contributed by atoms with E-state index in [0.29, 0.717) is 32.7 Å². The molecule has 1 amide bonds. The van der Waals surface area contributed by atoms with Gasteiger partial charge in [0.25, 0.3) is 0 Å². The molecule has 1 rings (SSSR count). The molecule has 1 atom stereocenters. The number of carbonyl (C=O) groups is 2. The first-order valence-corrected chi connectivity index (χ1v) is 7.46. The van der Waals surface area contributed by atoms with Crippen molar-refractivity contribution in [2.24, 2.45) is 0 Å². The van der Waals surface area contributed by atoms with Crippen molar-refractivity contribution in [2.45, 2.75) is 26.8 Å². The first-order valence-electron chi connectivity index (χ1n) is 7.46. The highest BCUT2D eigenvalue weighted by atomic mass is 16.4. The van der Waals surface area contributed by atoms with Gasteiger partial charge in [0.1, 0.15) is 6.04 Å². The highest BCUT2D eigenvalue weighted by Crippen LogP contribution is 2.07. The van der Waals surface area contributed by atoms with Crippen LogP contribution in [0.4, 0.5) is 0 Å². The standard InChI is InChI=1S/C15H27N3O3/c1-5-17(10-12(2)3)14(19)11-16-6-8-18(9-7-16)13(4)15(20)21/h13H,2,5-11H2,1,3-4H3,(H,20,21). The summed E-state index contributed by atoms with van der Waals surface area (Å²) in [5.74, 6) is -0.682. The average molecular weight is 297 g/mol. The molecule has 0 aliphatic carbocycles. The van der Waals surface area contributed by atoms with Crippen LogP contribution in [0.3, 0.4) is 0 Å². The van der Waals surface area contributed by atoms with Gasteiger partial charge < -0.3 is 10.0 Å². The van der Waals surface area contributed by atoms with E-state index < -0.39 is 12.0 Å². The number of hydrogen-bond donors (Lipinski definition) is 1. The van der Waals surface area contributed by atoms with Crippen LogP contribution in [0.1, 0.15) is 20.8 Å². The molecule has 1 aliphatic heterocycles. The van der Waals surface area contributed by atoms with Gasteiger partial charge in [0.05, 0.1) is 6.54 Å². The minimum absolute atomic E-state index is 0.111.